The van der Waals surface area contributed by atoms with E-state index in [2.05, 4.69) is 15.3 Å². The predicted octanol–water partition coefficient (Wildman–Crippen LogP) is 2.38. The fraction of sp³-hybridized carbons (Fsp3) is 0.667. The second-order valence-corrected chi connectivity index (χ2v) is 4.51. The summed E-state index contributed by atoms with van der Waals surface area (Å²) in [5, 5.41) is 2.92. The van der Waals surface area contributed by atoms with Gasteiger partial charge in [-0.1, -0.05) is 0 Å². The number of aryl methyl sites for hydroxylation is 1. The number of halogens is 1. The molecule has 1 aromatic heterocycles. The van der Waals surface area contributed by atoms with Crippen LogP contribution in [0, 0.1) is 12.7 Å². The molecule has 1 unspecified atom stereocenters. The van der Waals surface area contributed by atoms with E-state index >= 15 is 0 Å². The van der Waals surface area contributed by atoms with Crippen LogP contribution >= 0.6 is 0 Å². The zero-order chi connectivity index (χ0) is 12.5. The quantitative estimate of drug-likeness (QED) is 0.879. The van der Waals surface area contributed by atoms with Gasteiger partial charge >= 0.3 is 0 Å². The molecule has 1 aliphatic heterocycles. The lowest BCUT2D eigenvalue weighted by molar-refractivity contribution is 0.00916. The van der Waals surface area contributed by atoms with Crippen molar-refractivity contribution in [3.05, 3.63) is 17.3 Å². The summed E-state index contributed by atoms with van der Waals surface area (Å²) in [5.74, 6) is 0.466. The van der Waals surface area contributed by atoms with Crippen LogP contribution in [0.5, 0.6) is 0 Å². The second kappa shape index (κ2) is 4.56. The van der Waals surface area contributed by atoms with E-state index in [9.17, 15) is 4.39 Å². The summed E-state index contributed by atoms with van der Waals surface area (Å²) in [7, 11) is 0. The number of rotatable bonds is 3. The molecule has 17 heavy (non-hydrogen) atoms. The first kappa shape index (κ1) is 12.2. The fourth-order valence-electron chi connectivity index (χ4n) is 2.04. The minimum atomic E-state index is -0.470. The van der Waals surface area contributed by atoms with Crippen molar-refractivity contribution < 1.29 is 9.13 Å². The first-order chi connectivity index (χ1) is 8.07. The van der Waals surface area contributed by atoms with E-state index in [1.54, 1.807) is 6.92 Å². The Hall–Kier alpha value is -1.23. The Morgan fingerprint density at radius 1 is 1.47 bits per heavy atom. The Kier molecular flexibility index (Phi) is 3.28. The molecule has 1 atom stereocenters. The Labute approximate surface area is 101 Å². The van der Waals surface area contributed by atoms with Gasteiger partial charge in [-0.2, -0.15) is 0 Å². The molecule has 5 heteroatoms. The van der Waals surface area contributed by atoms with E-state index < -0.39 is 5.60 Å². The SMILES string of the molecule is CCNc1nc(C2(C)CCCO2)nc(C)c1F. The molecule has 0 spiro atoms. The lowest BCUT2D eigenvalue weighted by atomic mass is 10.0. The molecule has 1 aromatic rings. The smallest absolute Gasteiger partial charge is 0.186 e. The Balaban J connectivity index is 2.41. The van der Waals surface area contributed by atoms with Crippen molar-refractivity contribution in [2.24, 2.45) is 0 Å². The van der Waals surface area contributed by atoms with Crippen molar-refractivity contribution in [1.29, 1.82) is 0 Å². The zero-order valence-electron chi connectivity index (χ0n) is 10.5. The first-order valence-electron chi connectivity index (χ1n) is 5.99. The van der Waals surface area contributed by atoms with Crippen molar-refractivity contribution in [3.8, 4) is 0 Å². The van der Waals surface area contributed by atoms with Crippen molar-refractivity contribution in [3.63, 3.8) is 0 Å². The van der Waals surface area contributed by atoms with Gasteiger partial charge in [0.25, 0.3) is 0 Å². The van der Waals surface area contributed by atoms with Gasteiger partial charge in [-0.15, -0.1) is 0 Å². The number of hydrogen-bond acceptors (Lipinski definition) is 4. The third kappa shape index (κ3) is 2.24. The normalized spacial score (nSPS) is 24.0. The van der Waals surface area contributed by atoms with Crippen LogP contribution in [0.1, 0.15) is 38.2 Å². The van der Waals surface area contributed by atoms with Gasteiger partial charge in [0, 0.05) is 13.2 Å². The molecular formula is C12H18FN3O. The molecule has 0 bridgehead atoms. The Morgan fingerprint density at radius 3 is 2.82 bits per heavy atom. The summed E-state index contributed by atoms with van der Waals surface area (Å²) in [6.45, 7) is 6.86. The highest BCUT2D eigenvalue weighted by Crippen LogP contribution is 2.34. The number of anilines is 1. The number of nitrogens with one attached hydrogen (secondary N) is 1. The van der Waals surface area contributed by atoms with Crippen LogP contribution < -0.4 is 5.32 Å². The molecule has 2 rings (SSSR count). The molecule has 0 amide bonds. The topological polar surface area (TPSA) is 47.0 Å². The van der Waals surface area contributed by atoms with Crippen LogP contribution in [-0.4, -0.2) is 23.1 Å². The van der Waals surface area contributed by atoms with E-state index in [0.29, 0.717) is 24.7 Å². The van der Waals surface area contributed by atoms with E-state index in [0.717, 1.165) is 12.8 Å². The van der Waals surface area contributed by atoms with Crippen LogP contribution in [0.4, 0.5) is 10.2 Å². The number of hydrogen-bond donors (Lipinski definition) is 1. The molecule has 0 saturated carbocycles. The van der Waals surface area contributed by atoms with E-state index in [1.807, 2.05) is 13.8 Å². The molecule has 2 heterocycles. The minimum absolute atomic E-state index is 0.270. The summed E-state index contributed by atoms with van der Waals surface area (Å²) in [6, 6.07) is 0. The summed E-state index contributed by atoms with van der Waals surface area (Å²) in [5.41, 5.74) is -0.106. The van der Waals surface area contributed by atoms with Crippen LogP contribution in [-0.2, 0) is 10.3 Å². The van der Waals surface area contributed by atoms with E-state index in [1.165, 1.54) is 0 Å². The maximum absolute atomic E-state index is 13.8. The van der Waals surface area contributed by atoms with Crippen LogP contribution in [0.25, 0.3) is 0 Å². The van der Waals surface area contributed by atoms with Gasteiger partial charge in [-0.25, -0.2) is 14.4 Å². The van der Waals surface area contributed by atoms with Crippen molar-refractivity contribution >= 4 is 5.82 Å². The fourth-order valence-corrected chi connectivity index (χ4v) is 2.04. The van der Waals surface area contributed by atoms with Gasteiger partial charge in [0.2, 0.25) is 0 Å². The average molecular weight is 239 g/mol. The number of aromatic nitrogens is 2. The largest absolute Gasteiger partial charge is 0.368 e. The molecule has 1 aliphatic rings. The third-order valence-corrected chi connectivity index (χ3v) is 3.05. The van der Waals surface area contributed by atoms with Crippen molar-refractivity contribution in [1.82, 2.24) is 9.97 Å². The first-order valence-corrected chi connectivity index (χ1v) is 5.99. The lowest BCUT2D eigenvalue weighted by Crippen LogP contribution is -2.25. The second-order valence-electron chi connectivity index (χ2n) is 4.51. The van der Waals surface area contributed by atoms with Crippen molar-refractivity contribution in [2.75, 3.05) is 18.5 Å². The third-order valence-electron chi connectivity index (χ3n) is 3.05. The number of ether oxygens (including phenoxy) is 1. The molecule has 1 fully saturated rings. The molecule has 94 valence electrons. The monoisotopic (exact) mass is 239 g/mol. The Morgan fingerprint density at radius 2 is 2.24 bits per heavy atom. The summed E-state index contributed by atoms with van der Waals surface area (Å²) in [4.78, 5) is 8.47. The maximum atomic E-state index is 13.8. The number of nitrogens with zero attached hydrogens (tertiary/aromatic N) is 2. The highest BCUT2D eigenvalue weighted by molar-refractivity contribution is 5.38. The molecule has 0 radical (unpaired) electrons. The molecule has 1 N–H and O–H groups in total. The molecule has 0 aliphatic carbocycles. The van der Waals surface area contributed by atoms with Gasteiger partial charge < -0.3 is 10.1 Å². The Bertz CT molecular complexity index is 416. The van der Waals surface area contributed by atoms with Gasteiger partial charge in [-0.3, -0.25) is 0 Å². The van der Waals surface area contributed by atoms with E-state index in [4.69, 9.17) is 4.74 Å². The van der Waals surface area contributed by atoms with Gasteiger partial charge in [0.05, 0.1) is 5.69 Å². The molecule has 1 saturated heterocycles. The maximum Gasteiger partial charge on any atom is 0.186 e. The van der Waals surface area contributed by atoms with E-state index in [-0.39, 0.29) is 11.6 Å². The van der Waals surface area contributed by atoms with Gasteiger partial charge in [-0.05, 0) is 33.6 Å². The summed E-state index contributed by atoms with van der Waals surface area (Å²) < 4.78 is 19.4. The van der Waals surface area contributed by atoms with Gasteiger partial charge in [0.1, 0.15) is 5.60 Å². The van der Waals surface area contributed by atoms with Crippen LogP contribution in [0.3, 0.4) is 0 Å². The van der Waals surface area contributed by atoms with Crippen molar-refractivity contribution in [2.45, 2.75) is 39.2 Å². The summed E-state index contributed by atoms with van der Waals surface area (Å²) >= 11 is 0. The average Bonchev–Trinajstić information content (AvgIpc) is 2.73. The van der Waals surface area contributed by atoms with Crippen LogP contribution in [0.15, 0.2) is 0 Å². The highest BCUT2D eigenvalue weighted by atomic mass is 19.1. The van der Waals surface area contributed by atoms with Crippen LogP contribution in [0.2, 0.25) is 0 Å². The molecule has 4 nitrogen and oxygen atoms in total. The predicted molar refractivity (Wildman–Crippen MR) is 63.4 cm³/mol. The molecular weight excluding hydrogens is 221 g/mol. The summed E-state index contributed by atoms with van der Waals surface area (Å²) in [6.07, 6.45) is 1.87. The molecule has 0 aromatic carbocycles. The zero-order valence-corrected chi connectivity index (χ0v) is 10.5. The highest BCUT2D eigenvalue weighted by Gasteiger charge is 2.35. The lowest BCUT2D eigenvalue weighted by Gasteiger charge is -2.22. The standard InChI is InChI=1S/C12H18FN3O/c1-4-14-10-9(13)8(2)15-11(16-10)12(3)6-5-7-17-12/h4-7H2,1-3H3,(H,14,15,16). The minimum Gasteiger partial charge on any atom is -0.368 e. The van der Waals surface area contributed by atoms with Gasteiger partial charge in [0.15, 0.2) is 17.5 Å².